The molecular formula is C11H15NO2. The van der Waals surface area contributed by atoms with Crippen molar-refractivity contribution < 1.29 is 14.5 Å². The van der Waals surface area contributed by atoms with Crippen LogP contribution in [-0.2, 0) is 11.3 Å². The summed E-state index contributed by atoms with van der Waals surface area (Å²) in [6.07, 6.45) is 6.88. The van der Waals surface area contributed by atoms with Crippen LogP contribution in [0.3, 0.4) is 0 Å². The second kappa shape index (κ2) is 6.13. The zero-order valence-corrected chi connectivity index (χ0v) is 8.19. The first-order valence-corrected chi connectivity index (χ1v) is 4.93. The van der Waals surface area contributed by atoms with Crippen molar-refractivity contribution in [2.24, 2.45) is 0 Å². The predicted octanol–water partition coefficient (Wildman–Crippen LogP) is 0.284. The molecule has 1 rings (SSSR count). The summed E-state index contributed by atoms with van der Waals surface area (Å²) in [4.78, 5) is 10.1. The van der Waals surface area contributed by atoms with Gasteiger partial charge in [-0.3, -0.25) is 0 Å². The van der Waals surface area contributed by atoms with Gasteiger partial charge < -0.3 is 9.90 Å². The lowest BCUT2D eigenvalue weighted by molar-refractivity contribution is -0.697. The molecule has 0 N–H and O–H groups in total. The van der Waals surface area contributed by atoms with Crippen LogP contribution in [0.25, 0.3) is 0 Å². The Kier molecular flexibility index (Phi) is 4.69. The largest absolute Gasteiger partial charge is 0.550 e. The van der Waals surface area contributed by atoms with E-state index in [1.165, 1.54) is 0 Å². The van der Waals surface area contributed by atoms with E-state index in [4.69, 9.17) is 0 Å². The lowest BCUT2D eigenvalue weighted by Crippen LogP contribution is -2.32. The third-order valence-electron chi connectivity index (χ3n) is 2.07. The molecule has 0 aromatic carbocycles. The molecule has 1 heterocycles. The maximum Gasteiger partial charge on any atom is 0.168 e. The molecule has 0 aliphatic rings. The number of unbranched alkanes of at least 4 members (excludes halogenated alkanes) is 2. The van der Waals surface area contributed by atoms with Gasteiger partial charge in [0.1, 0.15) is 6.54 Å². The second-order valence-corrected chi connectivity index (χ2v) is 3.30. The summed E-state index contributed by atoms with van der Waals surface area (Å²) < 4.78 is 2.10. The second-order valence-electron chi connectivity index (χ2n) is 3.30. The first kappa shape index (κ1) is 10.7. The lowest BCUT2D eigenvalue weighted by Gasteiger charge is -2.00. The van der Waals surface area contributed by atoms with Crippen molar-refractivity contribution in [3.8, 4) is 0 Å². The van der Waals surface area contributed by atoms with Crippen LogP contribution in [0.5, 0.6) is 0 Å². The van der Waals surface area contributed by atoms with Crippen molar-refractivity contribution >= 4 is 5.97 Å². The average Bonchev–Trinajstić information content (AvgIpc) is 2.18. The maximum absolute atomic E-state index is 10.1. The van der Waals surface area contributed by atoms with Crippen LogP contribution in [0.4, 0.5) is 0 Å². The van der Waals surface area contributed by atoms with Crippen molar-refractivity contribution in [2.45, 2.75) is 32.2 Å². The molecule has 0 spiro atoms. The summed E-state index contributed by atoms with van der Waals surface area (Å²) >= 11 is 0. The van der Waals surface area contributed by atoms with Gasteiger partial charge in [-0.1, -0.05) is 6.07 Å². The van der Waals surface area contributed by atoms with E-state index in [0.29, 0.717) is 0 Å². The van der Waals surface area contributed by atoms with E-state index in [0.717, 1.165) is 25.8 Å². The number of carbonyl (C=O) groups excluding carboxylic acids is 1. The molecule has 0 radical (unpaired) electrons. The standard InChI is InChI=1S/C11H15NO2/c13-11(14)7-3-1-4-8-12-9-5-2-6-10-12/h2,5-6,9-10H,1,3-4,7-8H2. The molecule has 0 fully saturated rings. The van der Waals surface area contributed by atoms with Crippen molar-refractivity contribution in [1.82, 2.24) is 0 Å². The summed E-state index contributed by atoms with van der Waals surface area (Å²) in [6, 6.07) is 5.95. The van der Waals surface area contributed by atoms with Crippen LogP contribution in [0, 0.1) is 0 Å². The molecule has 0 saturated heterocycles. The molecule has 1 aromatic rings. The lowest BCUT2D eigenvalue weighted by atomic mass is 10.2. The summed E-state index contributed by atoms with van der Waals surface area (Å²) in [7, 11) is 0. The number of aryl methyl sites for hydroxylation is 1. The van der Waals surface area contributed by atoms with E-state index in [1.54, 1.807) is 0 Å². The topological polar surface area (TPSA) is 44.0 Å². The van der Waals surface area contributed by atoms with Gasteiger partial charge in [-0.25, -0.2) is 4.57 Å². The molecular weight excluding hydrogens is 178 g/mol. The minimum absolute atomic E-state index is 0.180. The van der Waals surface area contributed by atoms with Gasteiger partial charge in [0.2, 0.25) is 0 Å². The fourth-order valence-electron chi connectivity index (χ4n) is 1.32. The third kappa shape index (κ3) is 4.60. The van der Waals surface area contributed by atoms with Crippen LogP contribution in [0.2, 0.25) is 0 Å². The van der Waals surface area contributed by atoms with E-state index < -0.39 is 5.97 Å². The quantitative estimate of drug-likeness (QED) is 0.481. The molecule has 0 amide bonds. The van der Waals surface area contributed by atoms with E-state index in [9.17, 15) is 9.90 Å². The number of hydrogen-bond donors (Lipinski definition) is 0. The smallest absolute Gasteiger partial charge is 0.168 e. The Morgan fingerprint density at radius 1 is 1.07 bits per heavy atom. The molecule has 0 saturated carbocycles. The summed E-state index contributed by atoms with van der Waals surface area (Å²) in [5, 5.41) is 10.1. The number of carbonyl (C=O) groups is 1. The minimum atomic E-state index is -0.947. The number of carboxylic acids is 1. The number of aliphatic carboxylic acids is 1. The first-order chi connectivity index (χ1) is 6.79. The summed E-state index contributed by atoms with van der Waals surface area (Å²) in [5.41, 5.74) is 0. The van der Waals surface area contributed by atoms with Gasteiger partial charge in [-0.05, 0) is 19.3 Å². The highest BCUT2D eigenvalue weighted by Gasteiger charge is 1.97. The van der Waals surface area contributed by atoms with Crippen molar-refractivity contribution in [3.05, 3.63) is 30.6 Å². The number of pyridine rings is 1. The van der Waals surface area contributed by atoms with Crippen LogP contribution >= 0.6 is 0 Å². The molecule has 0 atom stereocenters. The van der Waals surface area contributed by atoms with E-state index in [2.05, 4.69) is 4.57 Å². The zero-order valence-electron chi connectivity index (χ0n) is 8.19. The van der Waals surface area contributed by atoms with Crippen LogP contribution in [-0.4, -0.2) is 5.97 Å². The molecule has 3 heteroatoms. The Bertz CT molecular complexity index is 272. The Labute approximate surface area is 84.0 Å². The van der Waals surface area contributed by atoms with Crippen LogP contribution < -0.4 is 9.67 Å². The van der Waals surface area contributed by atoms with Gasteiger partial charge in [0.05, 0.1) is 0 Å². The number of nitrogens with zero attached hydrogens (tertiary/aromatic N) is 1. The molecule has 0 unspecified atom stereocenters. The minimum Gasteiger partial charge on any atom is -0.550 e. The van der Waals surface area contributed by atoms with Crippen LogP contribution in [0.15, 0.2) is 30.6 Å². The average molecular weight is 193 g/mol. The van der Waals surface area contributed by atoms with Crippen molar-refractivity contribution in [1.29, 1.82) is 0 Å². The highest BCUT2D eigenvalue weighted by molar-refractivity contribution is 5.63. The maximum atomic E-state index is 10.1. The molecule has 76 valence electrons. The summed E-state index contributed by atoms with van der Waals surface area (Å²) in [6.45, 7) is 0.952. The Balaban J connectivity index is 2.08. The third-order valence-corrected chi connectivity index (χ3v) is 2.07. The van der Waals surface area contributed by atoms with Crippen molar-refractivity contribution in [3.63, 3.8) is 0 Å². The molecule has 3 nitrogen and oxygen atoms in total. The number of hydrogen-bond acceptors (Lipinski definition) is 2. The Morgan fingerprint density at radius 2 is 1.79 bits per heavy atom. The SMILES string of the molecule is O=C([O-])CCCCC[n+]1ccccc1. The van der Waals surface area contributed by atoms with Crippen molar-refractivity contribution in [2.75, 3.05) is 0 Å². The van der Waals surface area contributed by atoms with Crippen LogP contribution in [0.1, 0.15) is 25.7 Å². The number of carboxylic acid groups (broad SMARTS) is 1. The molecule has 0 bridgehead atoms. The van der Waals surface area contributed by atoms with E-state index >= 15 is 0 Å². The number of rotatable bonds is 6. The Morgan fingerprint density at radius 3 is 2.43 bits per heavy atom. The van der Waals surface area contributed by atoms with Gasteiger partial charge >= 0.3 is 0 Å². The predicted molar refractivity (Wildman–Crippen MR) is 50.1 cm³/mol. The van der Waals surface area contributed by atoms with E-state index in [-0.39, 0.29) is 6.42 Å². The van der Waals surface area contributed by atoms with Gasteiger partial charge in [0.25, 0.3) is 0 Å². The number of aromatic nitrogens is 1. The monoisotopic (exact) mass is 193 g/mol. The molecule has 1 aromatic heterocycles. The fourth-order valence-corrected chi connectivity index (χ4v) is 1.32. The normalized spacial score (nSPS) is 10.0. The van der Waals surface area contributed by atoms with E-state index in [1.807, 2.05) is 30.6 Å². The molecule has 0 aliphatic carbocycles. The molecule has 0 aliphatic heterocycles. The zero-order chi connectivity index (χ0) is 10.2. The van der Waals surface area contributed by atoms with Gasteiger partial charge in [0.15, 0.2) is 12.4 Å². The van der Waals surface area contributed by atoms with Gasteiger partial charge in [-0.15, -0.1) is 0 Å². The fraction of sp³-hybridized carbons (Fsp3) is 0.455. The highest BCUT2D eigenvalue weighted by Crippen LogP contribution is 1.98. The summed E-state index contributed by atoms with van der Waals surface area (Å²) in [5.74, 6) is -0.947. The highest BCUT2D eigenvalue weighted by atomic mass is 16.4. The van der Waals surface area contributed by atoms with Gasteiger partial charge in [0, 0.05) is 24.5 Å². The first-order valence-electron chi connectivity index (χ1n) is 4.93. The van der Waals surface area contributed by atoms with Gasteiger partial charge in [-0.2, -0.15) is 0 Å². The Hall–Kier alpha value is -1.38. The molecule has 14 heavy (non-hydrogen) atoms.